The summed E-state index contributed by atoms with van der Waals surface area (Å²) in [5.74, 6) is 0.552. The van der Waals surface area contributed by atoms with Gasteiger partial charge in [-0.05, 0) is 63.4 Å². The Labute approximate surface area is 133 Å². The Morgan fingerprint density at radius 3 is 3.05 bits per heavy atom. The average Bonchev–Trinajstić information content (AvgIpc) is 3.10. The van der Waals surface area contributed by atoms with Crippen LogP contribution in [0.5, 0.6) is 0 Å². The van der Waals surface area contributed by atoms with E-state index in [0.29, 0.717) is 23.1 Å². The number of nitrogens with one attached hydrogen (secondary N) is 1. The zero-order valence-electron chi connectivity index (χ0n) is 10.1. The molecule has 0 unspecified atom stereocenters. The highest BCUT2D eigenvalue weighted by molar-refractivity contribution is 9.11. The monoisotopic (exact) mass is 368 g/mol. The lowest BCUT2D eigenvalue weighted by atomic mass is 10.2. The van der Waals surface area contributed by atoms with Gasteiger partial charge in [0.25, 0.3) is 5.91 Å². The van der Waals surface area contributed by atoms with E-state index in [0.717, 1.165) is 9.35 Å². The summed E-state index contributed by atoms with van der Waals surface area (Å²) in [7, 11) is 0. The molecule has 1 N–H and O–H groups in total. The number of carbonyl (C=O) groups is 1. The van der Waals surface area contributed by atoms with Gasteiger partial charge in [-0.15, -0.1) is 11.3 Å². The van der Waals surface area contributed by atoms with Crippen LogP contribution in [-0.4, -0.2) is 15.9 Å². The maximum Gasteiger partial charge on any atom is 0.276 e. The van der Waals surface area contributed by atoms with Gasteiger partial charge in [0, 0.05) is 0 Å². The second-order valence-electron chi connectivity index (χ2n) is 4.14. The van der Waals surface area contributed by atoms with Crippen molar-refractivity contribution in [2.24, 2.45) is 0 Å². The third-order valence-corrected chi connectivity index (χ3v) is 4.60. The van der Waals surface area contributed by atoms with Gasteiger partial charge in [-0.2, -0.15) is 0 Å². The molecule has 1 aliphatic heterocycles. The van der Waals surface area contributed by atoms with Crippen LogP contribution in [0.1, 0.15) is 11.3 Å². The van der Waals surface area contributed by atoms with Crippen LogP contribution >= 0.6 is 39.5 Å². The van der Waals surface area contributed by atoms with Gasteiger partial charge in [-0.3, -0.25) is 9.69 Å². The molecular formula is C13H9BrN2O2S2. The molecule has 0 aliphatic carbocycles. The van der Waals surface area contributed by atoms with Gasteiger partial charge >= 0.3 is 0 Å². The lowest BCUT2D eigenvalue weighted by Crippen LogP contribution is -2.29. The third-order valence-electron chi connectivity index (χ3n) is 2.76. The quantitative estimate of drug-likeness (QED) is 0.666. The average molecular weight is 369 g/mol. The van der Waals surface area contributed by atoms with Crippen molar-refractivity contribution in [2.45, 2.75) is 6.54 Å². The highest BCUT2D eigenvalue weighted by Gasteiger charge is 2.31. The molecule has 20 heavy (non-hydrogen) atoms. The van der Waals surface area contributed by atoms with Crippen molar-refractivity contribution < 1.29 is 9.21 Å². The van der Waals surface area contributed by atoms with E-state index < -0.39 is 0 Å². The first-order chi connectivity index (χ1) is 9.63. The molecule has 1 amide bonds. The first-order valence-electron chi connectivity index (χ1n) is 5.74. The fourth-order valence-electron chi connectivity index (χ4n) is 1.84. The van der Waals surface area contributed by atoms with Gasteiger partial charge in [0.05, 0.1) is 16.6 Å². The Hall–Kier alpha value is -1.44. The highest BCUT2D eigenvalue weighted by Crippen LogP contribution is 2.24. The summed E-state index contributed by atoms with van der Waals surface area (Å²) >= 11 is 10.2. The van der Waals surface area contributed by atoms with Crippen molar-refractivity contribution in [3.05, 3.63) is 50.6 Å². The van der Waals surface area contributed by atoms with E-state index in [4.69, 9.17) is 16.6 Å². The number of amides is 1. The molecule has 0 saturated carbocycles. The molecule has 1 aliphatic rings. The van der Waals surface area contributed by atoms with E-state index in [1.807, 2.05) is 17.5 Å². The van der Waals surface area contributed by atoms with Gasteiger partial charge < -0.3 is 9.73 Å². The molecule has 0 spiro atoms. The largest absolute Gasteiger partial charge is 0.467 e. The first kappa shape index (κ1) is 13.5. The second-order valence-corrected chi connectivity index (χ2v) is 6.82. The third kappa shape index (κ3) is 2.70. The van der Waals surface area contributed by atoms with Crippen LogP contribution < -0.4 is 5.32 Å². The molecule has 4 nitrogen and oxygen atoms in total. The number of nitrogens with zero attached hydrogens (tertiary/aromatic N) is 1. The topological polar surface area (TPSA) is 45.5 Å². The van der Waals surface area contributed by atoms with Crippen molar-refractivity contribution in [1.82, 2.24) is 10.2 Å². The summed E-state index contributed by atoms with van der Waals surface area (Å²) in [6, 6.07) is 5.55. The predicted molar refractivity (Wildman–Crippen MR) is 85.0 cm³/mol. The van der Waals surface area contributed by atoms with Gasteiger partial charge in [-0.1, -0.05) is 0 Å². The molecule has 102 valence electrons. The minimum atomic E-state index is -0.145. The molecule has 2 aromatic heterocycles. The number of thiocarbonyl (C=S) groups is 1. The number of hydrogen-bond acceptors (Lipinski definition) is 4. The molecular weight excluding hydrogens is 360 g/mol. The predicted octanol–water partition coefficient (Wildman–Crippen LogP) is 3.36. The van der Waals surface area contributed by atoms with Gasteiger partial charge in [0.15, 0.2) is 5.11 Å². The van der Waals surface area contributed by atoms with Gasteiger partial charge in [-0.25, -0.2) is 0 Å². The first-order valence-corrected chi connectivity index (χ1v) is 7.82. The molecule has 0 atom stereocenters. The normalized spacial score (nSPS) is 17.1. The molecule has 1 fully saturated rings. The van der Waals surface area contributed by atoms with Crippen molar-refractivity contribution >= 4 is 56.6 Å². The fraction of sp³-hybridized carbons (Fsp3) is 0.0769. The molecule has 1 saturated heterocycles. The van der Waals surface area contributed by atoms with E-state index in [2.05, 4.69) is 21.2 Å². The summed E-state index contributed by atoms with van der Waals surface area (Å²) in [6.07, 6.45) is 3.37. The zero-order chi connectivity index (χ0) is 14.1. The summed E-state index contributed by atoms with van der Waals surface area (Å²) in [5.41, 5.74) is 1.44. The molecule has 7 heteroatoms. The lowest BCUT2D eigenvalue weighted by Gasteiger charge is -2.11. The van der Waals surface area contributed by atoms with Crippen LogP contribution in [0.15, 0.2) is 43.7 Å². The second kappa shape index (κ2) is 5.51. The smallest absolute Gasteiger partial charge is 0.276 e. The summed E-state index contributed by atoms with van der Waals surface area (Å²) < 4.78 is 6.26. The minimum absolute atomic E-state index is 0.145. The number of halogens is 1. The van der Waals surface area contributed by atoms with Crippen molar-refractivity contribution in [2.75, 3.05) is 0 Å². The Bertz CT molecular complexity index is 691. The van der Waals surface area contributed by atoms with E-state index in [1.54, 1.807) is 29.7 Å². The molecule has 0 radical (unpaired) electrons. The summed E-state index contributed by atoms with van der Waals surface area (Å²) in [5, 5.41) is 5.30. The number of carbonyl (C=O) groups excluding carboxylic acids is 1. The van der Waals surface area contributed by atoms with Crippen LogP contribution in [0.4, 0.5) is 0 Å². The zero-order valence-corrected chi connectivity index (χ0v) is 13.3. The molecule has 3 rings (SSSR count). The molecule has 0 aromatic carbocycles. The Morgan fingerprint density at radius 1 is 1.55 bits per heavy atom. The standard InChI is InChI=1S/C13H9BrN2O2S2/c14-11-5-8(7-20-11)4-10-12(17)16(13(19)15-10)6-9-2-1-3-18-9/h1-5,7H,6H2,(H,15,19)/b10-4+. The van der Waals surface area contributed by atoms with Crippen LogP contribution in [0.25, 0.3) is 6.08 Å². The Kier molecular flexibility index (Phi) is 3.73. The van der Waals surface area contributed by atoms with E-state index in [-0.39, 0.29) is 5.91 Å². The van der Waals surface area contributed by atoms with Crippen LogP contribution in [0, 0.1) is 0 Å². The maximum atomic E-state index is 12.3. The minimum Gasteiger partial charge on any atom is -0.467 e. The van der Waals surface area contributed by atoms with Crippen LogP contribution in [-0.2, 0) is 11.3 Å². The Morgan fingerprint density at radius 2 is 2.40 bits per heavy atom. The van der Waals surface area contributed by atoms with Gasteiger partial charge in [0.2, 0.25) is 0 Å². The molecule has 3 heterocycles. The van der Waals surface area contributed by atoms with E-state index >= 15 is 0 Å². The maximum absolute atomic E-state index is 12.3. The summed E-state index contributed by atoms with van der Waals surface area (Å²) in [4.78, 5) is 13.8. The molecule has 2 aromatic rings. The van der Waals surface area contributed by atoms with Crippen molar-refractivity contribution in [1.29, 1.82) is 0 Å². The van der Waals surface area contributed by atoms with Crippen LogP contribution in [0.3, 0.4) is 0 Å². The highest BCUT2D eigenvalue weighted by atomic mass is 79.9. The molecule has 0 bridgehead atoms. The Balaban J connectivity index is 1.81. The fourth-order valence-corrected chi connectivity index (χ4v) is 3.23. The van der Waals surface area contributed by atoms with Crippen molar-refractivity contribution in [3.8, 4) is 0 Å². The van der Waals surface area contributed by atoms with E-state index in [1.165, 1.54) is 4.90 Å². The van der Waals surface area contributed by atoms with E-state index in [9.17, 15) is 4.79 Å². The van der Waals surface area contributed by atoms with Gasteiger partial charge in [0.1, 0.15) is 11.5 Å². The number of furan rings is 1. The lowest BCUT2D eigenvalue weighted by molar-refractivity contribution is -0.122. The SMILES string of the molecule is O=C1/C(=C\c2csc(Br)c2)NC(=S)N1Cc1ccco1. The number of hydrogen-bond donors (Lipinski definition) is 1. The van der Waals surface area contributed by atoms with Crippen molar-refractivity contribution in [3.63, 3.8) is 0 Å². The van der Waals surface area contributed by atoms with Crippen LogP contribution in [0.2, 0.25) is 0 Å². The number of rotatable bonds is 3. The summed E-state index contributed by atoms with van der Waals surface area (Å²) in [6.45, 7) is 0.336. The number of thiophene rings is 1.